The van der Waals surface area contributed by atoms with E-state index in [2.05, 4.69) is 30.6 Å². The quantitative estimate of drug-likeness (QED) is 0.642. The summed E-state index contributed by atoms with van der Waals surface area (Å²) in [5.41, 5.74) is 3.29. The highest BCUT2D eigenvalue weighted by atomic mass is 32.2. The third-order valence-electron chi connectivity index (χ3n) is 4.62. The summed E-state index contributed by atoms with van der Waals surface area (Å²) in [6.45, 7) is 4.04. The summed E-state index contributed by atoms with van der Waals surface area (Å²) >= 11 is 0. The van der Waals surface area contributed by atoms with Gasteiger partial charge >= 0.3 is 0 Å². The molecule has 0 atom stereocenters. The van der Waals surface area contributed by atoms with E-state index in [9.17, 15) is 8.42 Å². The molecule has 26 heavy (non-hydrogen) atoms. The minimum absolute atomic E-state index is 0.334. The summed E-state index contributed by atoms with van der Waals surface area (Å²) in [5, 5.41) is 15.6. The molecule has 0 aromatic carbocycles. The number of hydrogen-bond donors (Lipinski definition) is 3. The molecule has 11 heteroatoms. The van der Waals surface area contributed by atoms with Gasteiger partial charge < -0.3 is 15.5 Å². The molecule has 0 radical (unpaired) electrons. The van der Waals surface area contributed by atoms with Crippen molar-refractivity contribution in [1.82, 2.24) is 25.1 Å². The SMILES string of the molecule is NS(=O)(=O)CNc1cc2n(n1)CCCN(c1ncnc3c1CCNC3)C2. The number of primary sulfonamides is 1. The standard InChI is InChI=1S/C15H22N8O2S/c16-26(24,25)10-20-14-6-11-8-22(4-1-5-23(11)21-14)15-12-2-3-17-7-13(12)18-9-19-15/h6,9,17H,1-5,7-8,10H2,(H,20,21)(H2,16,24,25). The van der Waals surface area contributed by atoms with E-state index >= 15 is 0 Å². The molecule has 0 amide bonds. The fourth-order valence-corrected chi connectivity index (χ4v) is 3.79. The van der Waals surface area contributed by atoms with Gasteiger partial charge in [0.2, 0.25) is 10.0 Å². The van der Waals surface area contributed by atoms with Crippen LogP contribution in [0.1, 0.15) is 23.4 Å². The van der Waals surface area contributed by atoms with Gasteiger partial charge in [0.05, 0.1) is 17.9 Å². The zero-order chi connectivity index (χ0) is 18.1. The molecule has 4 heterocycles. The average molecular weight is 378 g/mol. The molecule has 0 unspecified atom stereocenters. The molecule has 0 spiro atoms. The van der Waals surface area contributed by atoms with Gasteiger partial charge in [-0.3, -0.25) is 4.68 Å². The van der Waals surface area contributed by atoms with Gasteiger partial charge in [0, 0.05) is 31.3 Å². The Bertz CT molecular complexity index is 910. The first-order valence-electron chi connectivity index (χ1n) is 8.59. The molecule has 0 bridgehead atoms. The van der Waals surface area contributed by atoms with Gasteiger partial charge in [-0.25, -0.2) is 23.5 Å². The first kappa shape index (κ1) is 17.2. The van der Waals surface area contributed by atoms with E-state index in [1.54, 1.807) is 6.33 Å². The molecule has 140 valence electrons. The molecule has 2 aromatic heterocycles. The van der Waals surface area contributed by atoms with Gasteiger partial charge in [-0.05, 0) is 19.4 Å². The van der Waals surface area contributed by atoms with E-state index in [4.69, 9.17) is 5.14 Å². The van der Waals surface area contributed by atoms with Gasteiger partial charge in [0.25, 0.3) is 0 Å². The number of nitrogens with two attached hydrogens (primary N) is 1. The maximum Gasteiger partial charge on any atom is 0.227 e. The fraction of sp³-hybridized carbons (Fsp3) is 0.533. The Balaban J connectivity index is 1.58. The molecular formula is C15H22N8O2S. The average Bonchev–Trinajstić information content (AvgIpc) is 2.89. The molecule has 0 fully saturated rings. The molecular weight excluding hydrogens is 356 g/mol. The van der Waals surface area contributed by atoms with Crippen molar-refractivity contribution in [1.29, 1.82) is 0 Å². The molecule has 4 rings (SSSR count). The Kier molecular flexibility index (Phi) is 4.51. The lowest BCUT2D eigenvalue weighted by Gasteiger charge is -2.26. The molecule has 0 aliphatic carbocycles. The number of aromatic nitrogens is 4. The van der Waals surface area contributed by atoms with Crippen LogP contribution in [0.15, 0.2) is 12.4 Å². The minimum atomic E-state index is -3.59. The zero-order valence-electron chi connectivity index (χ0n) is 14.3. The lowest BCUT2D eigenvalue weighted by molar-refractivity contribution is 0.590. The van der Waals surface area contributed by atoms with Crippen LogP contribution in [0.2, 0.25) is 0 Å². The van der Waals surface area contributed by atoms with Crippen LogP contribution in [0.4, 0.5) is 11.6 Å². The summed E-state index contributed by atoms with van der Waals surface area (Å²) in [5.74, 6) is 1.18. The second kappa shape index (κ2) is 6.82. The molecule has 2 aliphatic rings. The third kappa shape index (κ3) is 3.64. The van der Waals surface area contributed by atoms with Crippen LogP contribution < -0.4 is 20.7 Å². The van der Waals surface area contributed by atoms with Crippen LogP contribution >= 0.6 is 0 Å². The lowest BCUT2D eigenvalue weighted by Crippen LogP contribution is -2.30. The fourth-order valence-electron chi connectivity index (χ4n) is 3.44. The van der Waals surface area contributed by atoms with Crippen molar-refractivity contribution >= 4 is 21.7 Å². The lowest BCUT2D eigenvalue weighted by atomic mass is 10.1. The van der Waals surface area contributed by atoms with Gasteiger partial charge in [-0.1, -0.05) is 0 Å². The summed E-state index contributed by atoms with van der Waals surface area (Å²) in [7, 11) is -3.59. The maximum absolute atomic E-state index is 11.1. The van der Waals surface area contributed by atoms with Gasteiger partial charge in [0.1, 0.15) is 23.8 Å². The van der Waals surface area contributed by atoms with Crippen LogP contribution in [-0.2, 0) is 36.1 Å². The first-order valence-corrected chi connectivity index (χ1v) is 10.3. The normalized spacial score (nSPS) is 17.3. The first-order chi connectivity index (χ1) is 12.5. The second-order valence-corrected chi connectivity index (χ2v) is 8.17. The largest absolute Gasteiger partial charge is 0.354 e. The molecule has 4 N–H and O–H groups in total. The predicted octanol–water partition coefficient (Wildman–Crippen LogP) is -0.613. The summed E-state index contributed by atoms with van der Waals surface area (Å²) in [6, 6.07) is 1.87. The van der Waals surface area contributed by atoms with E-state index in [0.717, 1.165) is 56.2 Å². The van der Waals surface area contributed by atoms with Gasteiger partial charge in [-0.15, -0.1) is 0 Å². The Morgan fingerprint density at radius 1 is 1.31 bits per heavy atom. The highest BCUT2D eigenvalue weighted by molar-refractivity contribution is 7.89. The molecule has 0 saturated carbocycles. The second-order valence-electron chi connectivity index (χ2n) is 6.55. The maximum atomic E-state index is 11.1. The van der Waals surface area contributed by atoms with Crippen molar-refractivity contribution < 1.29 is 8.42 Å². The molecule has 10 nitrogen and oxygen atoms in total. The number of sulfonamides is 1. The van der Waals surface area contributed by atoms with Crippen LogP contribution in [0.3, 0.4) is 0 Å². The van der Waals surface area contributed by atoms with Crippen LogP contribution in [0.25, 0.3) is 0 Å². The number of hydrogen-bond acceptors (Lipinski definition) is 8. The van der Waals surface area contributed by atoms with Crippen LogP contribution in [0.5, 0.6) is 0 Å². The minimum Gasteiger partial charge on any atom is -0.354 e. The van der Waals surface area contributed by atoms with Crippen LogP contribution in [0, 0.1) is 0 Å². The zero-order valence-corrected chi connectivity index (χ0v) is 15.2. The van der Waals surface area contributed by atoms with Crippen molar-refractivity contribution in [2.24, 2.45) is 5.14 Å². The van der Waals surface area contributed by atoms with E-state index in [1.807, 2.05) is 10.7 Å². The summed E-state index contributed by atoms with van der Waals surface area (Å²) < 4.78 is 24.2. The van der Waals surface area contributed by atoms with E-state index in [1.165, 1.54) is 5.56 Å². The topological polar surface area (TPSA) is 131 Å². The number of rotatable bonds is 4. The van der Waals surface area contributed by atoms with Crippen molar-refractivity contribution in [3.63, 3.8) is 0 Å². The molecule has 0 saturated heterocycles. The Morgan fingerprint density at radius 2 is 2.19 bits per heavy atom. The Hall–Kier alpha value is -2.24. The van der Waals surface area contributed by atoms with Crippen molar-refractivity contribution in [3.8, 4) is 0 Å². The summed E-state index contributed by atoms with van der Waals surface area (Å²) in [6.07, 6.45) is 3.48. The smallest absolute Gasteiger partial charge is 0.227 e. The highest BCUT2D eigenvalue weighted by Gasteiger charge is 2.23. The highest BCUT2D eigenvalue weighted by Crippen LogP contribution is 2.26. The number of nitrogens with zero attached hydrogens (tertiary/aromatic N) is 5. The number of nitrogens with one attached hydrogen (secondary N) is 2. The third-order valence-corrected chi connectivity index (χ3v) is 5.17. The van der Waals surface area contributed by atoms with Gasteiger partial charge in [0.15, 0.2) is 0 Å². The monoisotopic (exact) mass is 378 g/mol. The summed E-state index contributed by atoms with van der Waals surface area (Å²) in [4.78, 5) is 11.2. The molecule has 2 aliphatic heterocycles. The Morgan fingerprint density at radius 3 is 3.04 bits per heavy atom. The predicted molar refractivity (Wildman–Crippen MR) is 96.9 cm³/mol. The number of fused-ring (bicyclic) bond motifs is 2. The van der Waals surface area contributed by atoms with Gasteiger partial charge in [-0.2, -0.15) is 5.10 Å². The van der Waals surface area contributed by atoms with E-state index in [-0.39, 0.29) is 5.88 Å². The number of aryl methyl sites for hydroxylation is 1. The van der Waals surface area contributed by atoms with Crippen molar-refractivity contribution in [2.45, 2.75) is 32.5 Å². The Labute approximate surface area is 151 Å². The van der Waals surface area contributed by atoms with Crippen molar-refractivity contribution in [2.75, 3.05) is 29.2 Å². The van der Waals surface area contributed by atoms with Crippen LogP contribution in [-0.4, -0.2) is 47.1 Å². The van der Waals surface area contributed by atoms with E-state index < -0.39 is 10.0 Å². The van der Waals surface area contributed by atoms with Crippen molar-refractivity contribution in [3.05, 3.63) is 29.3 Å². The molecule has 2 aromatic rings. The van der Waals surface area contributed by atoms with E-state index in [0.29, 0.717) is 12.4 Å². The number of anilines is 2.